The Morgan fingerprint density at radius 1 is 1.55 bits per heavy atom. The van der Waals surface area contributed by atoms with Crippen LogP contribution < -0.4 is 5.32 Å². The van der Waals surface area contributed by atoms with Gasteiger partial charge in [0.05, 0.1) is 0 Å². The van der Waals surface area contributed by atoms with Crippen LogP contribution in [0.25, 0.3) is 0 Å². The lowest BCUT2D eigenvalue weighted by atomic mass is 10.2. The molecule has 0 aliphatic rings. The van der Waals surface area contributed by atoms with Gasteiger partial charge in [0.2, 0.25) is 0 Å². The molecule has 0 spiro atoms. The van der Waals surface area contributed by atoms with Crippen LogP contribution in [0, 0.1) is 0 Å². The summed E-state index contributed by atoms with van der Waals surface area (Å²) in [5, 5.41) is 3.05. The van der Waals surface area contributed by atoms with Crippen LogP contribution in [-0.4, -0.2) is 19.5 Å². The van der Waals surface area contributed by atoms with Crippen molar-refractivity contribution in [2.24, 2.45) is 0 Å². The molecule has 0 saturated heterocycles. The van der Waals surface area contributed by atoms with Gasteiger partial charge in [0.25, 0.3) is 6.43 Å². The number of nitrogens with one attached hydrogen (secondary N) is 1. The maximum atomic E-state index is 11.8. The second-order valence-electron chi connectivity index (χ2n) is 2.39. The van der Waals surface area contributed by atoms with Crippen LogP contribution in [0.1, 0.15) is 20.3 Å². The fourth-order valence-electron chi connectivity index (χ4n) is 0.668. The summed E-state index contributed by atoms with van der Waals surface area (Å²) >= 11 is 0. The highest BCUT2D eigenvalue weighted by Gasteiger charge is 2.02. The molecule has 0 aromatic carbocycles. The third-order valence-corrected chi connectivity index (χ3v) is 1.38. The summed E-state index contributed by atoms with van der Waals surface area (Å²) in [6, 6.07) is 0. The van der Waals surface area contributed by atoms with Crippen LogP contribution in [-0.2, 0) is 0 Å². The third kappa shape index (κ3) is 5.98. The van der Waals surface area contributed by atoms with Crippen molar-refractivity contribution in [3.63, 3.8) is 0 Å². The average Bonchev–Trinajstić information content (AvgIpc) is 1.97. The highest BCUT2D eigenvalue weighted by molar-refractivity contribution is 5.00. The molecule has 0 saturated carbocycles. The average molecular weight is 163 g/mol. The Morgan fingerprint density at radius 3 is 2.64 bits per heavy atom. The minimum Gasteiger partial charge on any atom is -0.317 e. The van der Waals surface area contributed by atoms with E-state index in [1.807, 2.05) is 6.92 Å². The van der Waals surface area contributed by atoms with Gasteiger partial charge in [-0.2, -0.15) is 0 Å². The Morgan fingerprint density at radius 2 is 2.18 bits per heavy atom. The highest BCUT2D eigenvalue weighted by Crippen LogP contribution is 2.06. The van der Waals surface area contributed by atoms with Gasteiger partial charge in [-0.1, -0.05) is 13.0 Å². The van der Waals surface area contributed by atoms with E-state index in [4.69, 9.17) is 0 Å². The normalized spacial score (nSPS) is 12.6. The smallest absolute Gasteiger partial charge is 0.259 e. The molecule has 0 atom stereocenters. The SMILES string of the molecule is CCNCC/C=C(/C)C(F)F. The van der Waals surface area contributed by atoms with E-state index in [9.17, 15) is 8.78 Å². The first-order chi connectivity index (χ1) is 5.18. The Labute approximate surface area is 66.5 Å². The van der Waals surface area contributed by atoms with Gasteiger partial charge in [-0.05, 0) is 32.0 Å². The molecule has 0 unspecified atom stereocenters. The summed E-state index contributed by atoms with van der Waals surface area (Å²) in [5.41, 5.74) is 0.169. The molecule has 0 fully saturated rings. The van der Waals surface area contributed by atoms with E-state index in [-0.39, 0.29) is 5.57 Å². The molecule has 3 heteroatoms. The molecule has 0 heterocycles. The van der Waals surface area contributed by atoms with Crippen LogP contribution in [0.2, 0.25) is 0 Å². The van der Waals surface area contributed by atoms with E-state index in [0.29, 0.717) is 6.42 Å². The number of hydrogen-bond donors (Lipinski definition) is 1. The van der Waals surface area contributed by atoms with Crippen LogP contribution in [0.4, 0.5) is 8.78 Å². The first-order valence-corrected chi connectivity index (χ1v) is 3.84. The third-order valence-electron chi connectivity index (χ3n) is 1.38. The number of allylic oxidation sites excluding steroid dienone is 1. The predicted molar refractivity (Wildman–Crippen MR) is 42.9 cm³/mol. The lowest BCUT2D eigenvalue weighted by Gasteiger charge is -1.99. The van der Waals surface area contributed by atoms with Crippen molar-refractivity contribution < 1.29 is 8.78 Å². The fourth-order valence-corrected chi connectivity index (χ4v) is 0.668. The number of halogens is 2. The number of rotatable bonds is 5. The van der Waals surface area contributed by atoms with Crippen LogP contribution >= 0.6 is 0 Å². The van der Waals surface area contributed by atoms with Crippen molar-refractivity contribution in [2.75, 3.05) is 13.1 Å². The first-order valence-electron chi connectivity index (χ1n) is 3.84. The summed E-state index contributed by atoms with van der Waals surface area (Å²) < 4.78 is 23.7. The second kappa shape index (κ2) is 6.28. The Hall–Kier alpha value is -0.440. The van der Waals surface area contributed by atoms with Gasteiger partial charge in [-0.3, -0.25) is 0 Å². The van der Waals surface area contributed by atoms with Crippen LogP contribution in [0.15, 0.2) is 11.6 Å². The molecule has 0 aromatic rings. The molecule has 0 aromatic heterocycles. The quantitative estimate of drug-likeness (QED) is 0.484. The Bertz CT molecular complexity index is 121. The molecule has 0 bridgehead atoms. The molecular formula is C8H15F2N. The molecule has 0 aliphatic carbocycles. The van der Waals surface area contributed by atoms with Crippen molar-refractivity contribution >= 4 is 0 Å². The van der Waals surface area contributed by atoms with Gasteiger partial charge in [0.15, 0.2) is 0 Å². The minimum atomic E-state index is -2.29. The van der Waals surface area contributed by atoms with Gasteiger partial charge in [-0.25, -0.2) is 8.78 Å². The maximum absolute atomic E-state index is 11.8. The minimum absolute atomic E-state index is 0.169. The van der Waals surface area contributed by atoms with E-state index in [1.54, 1.807) is 6.08 Å². The molecule has 1 nitrogen and oxygen atoms in total. The molecule has 0 amide bonds. The van der Waals surface area contributed by atoms with E-state index >= 15 is 0 Å². The lowest BCUT2D eigenvalue weighted by Crippen LogP contribution is -2.13. The highest BCUT2D eigenvalue weighted by atomic mass is 19.3. The molecule has 66 valence electrons. The molecule has 0 radical (unpaired) electrons. The summed E-state index contributed by atoms with van der Waals surface area (Å²) in [4.78, 5) is 0. The van der Waals surface area contributed by atoms with E-state index < -0.39 is 6.43 Å². The standard InChI is InChI=1S/C8H15F2N/c1-3-11-6-4-5-7(2)8(9)10/h5,8,11H,3-4,6H2,1-2H3/b7-5-. The summed E-state index contributed by atoms with van der Waals surface area (Å²) in [7, 11) is 0. The zero-order valence-corrected chi connectivity index (χ0v) is 7.03. The molecule has 11 heavy (non-hydrogen) atoms. The largest absolute Gasteiger partial charge is 0.317 e. The molecule has 0 rings (SSSR count). The van der Waals surface area contributed by atoms with Gasteiger partial charge in [0, 0.05) is 0 Å². The summed E-state index contributed by atoms with van der Waals surface area (Å²) in [6.45, 7) is 5.11. The molecular weight excluding hydrogens is 148 g/mol. The fraction of sp³-hybridized carbons (Fsp3) is 0.750. The first kappa shape index (κ1) is 10.6. The topological polar surface area (TPSA) is 12.0 Å². The summed E-state index contributed by atoms with van der Waals surface area (Å²) in [5.74, 6) is 0. The van der Waals surface area contributed by atoms with Gasteiger partial charge in [-0.15, -0.1) is 0 Å². The van der Waals surface area contributed by atoms with Gasteiger partial charge < -0.3 is 5.32 Å². The maximum Gasteiger partial charge on any atom is 0.259 e. The van der Waals surface area contributed by atoms with Crippen molar-refractivity contribution in [1.29, 1.82) is 0 Å². The Kier molecular flexibility index (Phi) is 6.03. The van der Waals surface area contributed by atoms with Gasteiger partial charge >= 0.3 is 0 Å². The number of alkyl halides is 2. The van der Waals surface area contributed by atoms with Crippen molar-refractivity contribution in [2.45, 2.75) is 26.7 Å². The Balaban J connectivity index is 3.40. The zero-order chi connectivity index (χ0) is 8.69. The lowest BCUT2D eigenvalue weighted by molar-refractivity contribution is 0.189. The molecule has 1 N–H and O–H groups in total. The van der Waals surface area contributed by atoms with E-state index in [1.165, 1.54) is 6.92 Å². The number of hydrogen-bond acceptors (Lipinski definition) is 1. The van der Waals surface area contributed by atoms with Gasteiger partial charge in [0.1, 0.15) is 0 Å². The van der Waals surface area contributed by atoms with E-state index in [2.05, 4.69) is 5.32 Å². The summed E-state index contributed by atoms with van der Waals surface area (Å²) in [6.07, 6.45) is -0.0335. The molecule has 0 aliphatic heterocycles. The zero-order valence-electron chi connectivity index (χ0n) is 7.03. The van der Waals surface area contributed by atoms with Crippen LogP contribution in [0.5, 0.6) is 0 Å². The second-order valence-corrected chi connectivity index (χ2v) is 2.39. The van der Waals surface area contributed by atoms with Crippen molar-refractivity contribution in [1.82, 2.24) is 5.32 Å². The van der Waals surface area contributed by atoms with Crippen molar-refractivity contribution in [3.05, 3.63) is 11.6 Å². The predicted octanol–water partition coefficient (Wildman–Crippen LogP) is 2.20. The van der Waals surface area contributed by atoms with E-state index in [0.717, 1.165) is 13.1 Å². The monoisotopic (exact) mass is 163 g/mol. The van der Waals surface area contributed by atoms with Crippen LogP contribution in [0.3, 0.4) is 0 Å². The van der Waals surface area contributed by atoms with Crippen molar-refractivity contribution in [3.8, 4) is 0 Å².